The lowest BCUT2D eigenvalue weighted by Gasteiger charge is -2.34. The van der Waals surface area contributed by atoms with Crippen molar-refractivity contribution in [3.05, 3.63) is 36.5 Å². The fourth-order valence-electron chi connectivity index (χ4n) is 1.79. The Balaban J connectivity index is 4.70. The molecule has 130 valence electrons. The summed E-state index contributed by atoms with van der Waals surface area (Å²) in [4.78, 5) is 23.6. The molecule has 0 radical (unpaired) electrons. The second-order valence-electron chi connectivity index (χ2n) is 6.23. The molecular weight excluding hydrogens is 298 g/mol. The van der Waals surface area contributed by atoms with E-state index in [1.165, 1.54) is 6.08 Å². The Morgan fingerprint density at radius 1 is 1.26 bits per heavy atom. The lowest BCUT2D eigenvalue weighted by molar-refractivity contribution is -0.920. The molecular formula is C17H28NO5+. The van der Waals surface area contributed by atoms with Crippen LogP contribution in [0, 0.1) is 0 Å². The molecule has 0 spiro atoms. The molecule has 0 saturated heterocycles. The Morgan fingerprint density at radius 2 is 1.83 bits per heavy atom. The van der Waals surface area contributed by atoms with Crippen molar-refractivity contribution >= 4 is 11.9 Å². The van der Waals surface area contributed by atoms with Crippen LogP contribution in [-0.4, -0.2) is 61.6 Å². The quantitative estimate of drug-likeness (QED) is 0.229. The first kappa shape index (κ1) is 21.1. The Labute approximate surface area is 138 Å². The molecule has 23 heavy (non-hydrogen) atoms. The second-order valence-corrected chi connectivity index (χ2v) is 6.23. The summed E-state index contributed by atoms with van der Waals surface area (Å²) in [6, 6.07) is 0. The van der Waals surface area contributed by atoms with Gasteiger partial charge in [0.25, 0.3) is 6.23 Å². The van der Waals surface area contributed by atoms with Crippen LogP contribution in [0.1, 0.15) is 20.3 Å². The normalized spacial score (nSPS) is 14.6. The van der Waals surface area contributed by atoms with Gasteiger partial charge in [0.2, 0.25) is 0 Å². The van der Waals surface area contributed by atoms with Crippen molar-refractivity contribution in [2.24, 2.45) is 0 Å². The highest BCUT2D eigenvalue weighted by atomic mass is 16.6. The maximum atomic E-state index is 12.1. The molecule has 0 heterocycles. The first-order valence-corrected chi connectivity index (χ1v) is 7.33. The maximum absolute atomic E-state index is 12.1. The number of quaternary nitrogens is 1. The highest BCUT2D eigenvalue weighted by molar-refractivity contribution is 5.90. The molecule has 1 N–H and O–H groups in total. The van der Waals surface area contributed by atoms with Gasteiger partial charge in [-0.15, -0.1) is 0 Å². The summed E-state index contributed by atoms with van der Waals surface area (Å²) in [5.41, 5.74) is 0.569. The molecule has 2 atom stereocenters. The molecule has 0 aromatic heterocycles. The molecule has 2 unspecified atom stereocenters. The monoisotopic (exact) mass is 326 g/mol. The third-order valence-electron chi connectivity index (χ3n) is 3.00. The predicted octanol–water partition coefficient (Wildman–Crippen LogP) is 1.56. The number of likely N-dealkylation sites (N-methyl/N-ethyl adjacent to an activating group) is 1. The van der Waals surface area contributed by atoms with Crippen LogP contribution in [0.3, 0.4) is 0 Å². The maximum Gasteiger partial charge on any atom is 0.338 e. The van der Waals surface area contributed by atoms with E-state index in [9.17, 15) is 14.7 Å². The highest BCUT2D eigenvalue weighted by Gasteiger charge is 2.32. The van der Waals surface area contributed by atoms with Gasteiger partial charge in [-0.25, -0.2) is 9.59 Å². The van der Waals surface area contributed by atoms with Crippen molar-refractivity contribution in [3.63, 3.8) is 0 Å². The number of aliphatic hydroxyl groups is 1. The molecule has 0 aliphatic heterocycles. The van der Waals surface area contributed by atoms with Crippen LogP contribution in [-0.2, 0) is 19.1 Å². The van der Waals surface area contributed by atoms with Gasteiger partial charge in [0.1, 0.15) is 12.7 Å². The highest BCUT2D eigenvalue weighted by Crippen LogP contribution is 2.14. The van der Waals surface area contributed by atoms with Gasteiger partial charge in [-0.3, -0.25) is 4.48 Å². The first-order valence-electron chi connectivity index (χ1n) is 7.33. The molecule has 0 aromatic rings. The number of hydrogen-bond acceptors (Lipinski definition) is 5. The third kappa shape index (κ3) is 7.76. The SMILES string of the molecule is C=CCOC(=O)C(C)=CCC(=C)C(=O)OC(C(C)O)[N+](C)(C)C. The number of esters is 2. The van der Waals surface area contributed by atoms with Gasteiger partial charge in [-0.2, -0.15) is 0 Å². The minimum Gasteiger partial charge on any atom is -0.458 e. The first-order chi connectivity index (χ1) is 10.5. The fourth-order valence-corrected chi connectivity index (χ4v) is 1.79. The van der Waals surface area contributed by atoms with Crippen LogP contribution >= 0.6 is 0 Å². The molecule has 0 fully saturated rings. The largest absolute Gasteiger partial charge is 0.458 e. The zero-order valence-electron chi connectivity index (χ0n) is 14.7. The van der Waals surface area contributed by atoms with Crippen molar-refractivity contribution in [1.29, 1.82) is 0 Å². The van der Waals surface area contributed by atoms with E-state index in [1.54, 1.807) is 19.9 Å². The fraction of sp³-hybridized carbons (Fsp3) is 0.529. The Kier molecular flexibility index (Phi) is 8.50. The molecule has 0 aliphatic carbocycles. The van der Waals surface area contributed by atoms with Gasteiger partial charge in [0.15, 0.2) is 0 Å². The van der Waals surface area contributed by atoms with E-state index in [2.05, 4.69) is 13.2 Å². The average molecular weight is 326 g/mol. The summed E-state index contributed by atoms with van der Waals surface area (Å²) in [5.74, 6) is -1.08. The molecule has 0 bridgehead atoms. The Morgan fingerprint density at radius 3 is 2.26 bits per heavy atom. The van der Waals surface area contributed by atoms with E-state index in [0.29, 0.717) is 5.57 Å². The molecule has 6 heteroatoms. The van der Waals surface area contributed by atoms with E-state index < -0.39 is 24.3 Å². The van der Waals surface area contributed by atoms with Crippen molar-refractivity contribution < 1.29 is 28.7 Å². The zero-order chi connectivity index (χ0) is 18.2. The summed E-state index contributed by atoms with van der Waals surface area (Å²) in [6.07, 6.45) is 1.66. The summed E-state index contributed by atoms with van der Waals surface area (Å²) in [7, 11) is 5.44. The summed E-state index contributed by atoms with van der Waals surface area (Å²) in [5, 5.41) is 9.75. The predicted molar refractivity (Wildman–Crippen MR) is 88.3 cm³/mol. The number of nitrogens with zero attached hydrogens (tertiary/aromatic N) is 1. The van der Waals surface area contributed by atoms with Crippen LogP contribution in [0.25, 0.3) is 0 Å². The smallest absolute Gasteiger partial charge is 0.338 e. The van der Waals surface area contributed by atoms with Gasteiger partial charge in [0.05, 0.1) is 21.1 Å². The van der Waals surface area contributed by atoms with E-state index in [-0.39, 0.29) is 23.1 Å². The van der Waals surface area contributed by atoms with Crippen LogP contribution in [0.4, 0.5) is 0 Å². The molecule has 6 nitrogen and oxygen atoms in total. The number of ether oxygens (including phenoxy) is 2. The van der Waals surface area contributed by atoms with Crippen LogP contribution in [0.15, 0.2) is 36.5 Å². The number of hydrogen-bond donors (Lipinski definition) is 1. The number of allylic oxidation sites excluding steroid dienone is 1. The molecule has 0 rings (SSSR count). The summed E-state index contributed by atoms with van der Waals surface area (Å²) < 4.78 is 10.5. The van der Waals surface area contributed by atoms with Gasteiger partial charge < -0.3 is 14.6 Å². The summed E-state index contributed by atoms with van der Waals surface area (Å²) >= 11 is 0. The van der Waals surface area contributed by atoms with Gasteiger partial charge >= 0.3 is 11.9 Å². The van der Waals surface area contributed by atoms with E-state index in [4.69, 9.17) is 9.47 Å². The third-order valence-corrected chi connectivity index (χ3v) is 3.00. The van der Waals surface area contributed by atoms with Gasteiger partial charge in [0, 0.05) is 11.1 Å². The van der Waals surface area contributed by atoms with E-state index >= 15 is 0 Å². The van der Waals surface area contributed by atoms with Crippen molar-refractivity contribution in [2.75, 3.05) is 27.7 Å². The van der Waals surface area contributed by atoms with Crippen LogP contribution in [0.5, 0.6) is 0 Å². The average Bonchev–Trinajstić information content (AvgIpc) is 2.45. The lowest BCUT2D eigenvalue weighted by Crippen LogP contribution is -2.53. The number of aliphatic hydroxyl groups excluding tert-OH is 1. The van der Waals surface area contributed by atoms with Crippen LogP contribution < -0.4 is 0 Å². The van der Waals surface area contributed by atoms with Crippen molar-refractivity contribution in [1.82, 2.24) is 0 Å². The standard InChI is InChI=1S/C17H28NO5/c1-8-11-22-16(20)12(2)9-10-13(3)17(21)23-15(14(4)19)18(5,6)7/h8-9,14-15,19H,1,3,10-11H2,2,4-7H3/q+1. The number of rotatable bonds is 9. The van der Waals surface area contributed by atoms with Crippen LogP contribution in [0.2, 0.25) is 0 Å². The molecule has 0 saturated carbocycles. The number of carbonyl (C=O) groups is 2. The molecule has 0 amide bonds. The second kappa shape index (κ2) is 9.27. The minimum atomic E-state index is -0.821. The van der Waals surface area contributed by atoms with Crippen molar-refractivity contribution in [2.45, 2.75) is 32.6 Å². The number of carbonyl (C=O) groups excluding carboxylic acids is 2. The summed E-state index contributed by atoms with van der Waals surface area (Å²) in [6.45, 7) is 10.4. The molecule has 0 aromatic carbocycles. The van der Waals surface area contributed by atoms with E-state index in [0.717, 1.165) is 0 Å². The van der Waals surface area contributed by atoms with Gasteiger partial charge in [-0.05, 0) is 20.3 Å². The lowest BCUT2D eigenvalue weighted by atomic mass is 10.1. The molecule has 0 aliphatic rings. The Hall–Kier alpha value is -1.92. The van der Waals surface area contributed by atoms with E-state index in [1.807, 2.05) is 21.1 Å². The van der Waals surface area contributed by atoms with Gasteiger partial charge in [-0.1, -0.05) is 25.3 Å². The van der Waals surface area contributed by atoms with Crippen molar-refractivity contribution in [3.8, 4) is 0 Å². The Bertz CT molecular complexity index is 486. The topological polar surface area (TPSA) is 72.8 Å². The minimum absolute atomic E-state index is 0.132. The zero-order valence-corrected chi connectivity index (χ0v) is 14.7.